The second-order valence-corrected chi connectivity index (χ2v) is 5.75. The summed E-state index contributed by atoms with van der Waals surface area (Å²) in [5, 5.41) is 0.966. The normalized spacial score (nSPS) is 10.7. The molecule has 2 N–H and O–H groups in total. The van der Waals surface area contributed by atoms with Crippen LogP contribution in [0.15, 0.2) is 67.1 Å². The maximum Gasteiger partial charge on any atom is 0.249 e. The van der Waals surface area contributed by atoms with Crippen LogP contribution in [0.3, 0.4) is 0 Å². The fraction of sp³-hybridized carbons (Fsp3) is 0.0500. The number of hydrogen-bond donors (Lipinski definition) is 1. The predicted molar refractivity (Wildman–Crippen MR) is 99.5 cm³/mol. The van der Waals surface area contributed by atoms with E-state index in [0.29, 0.717) is 11.5 Å². The second kappa shape index (κ2) is 6.68. The number of pyridine rings is 1. The molecule has 0 fully saturated rings. The summed E-state index contributed by atoms with van der Waals surface area (Å²) in [4.78, 5) is 12.6. The molecule has 0 amide bonds. The third-order valence-corrected chi connectivity index (χ3v) is 3.85. The fourth-order valence-corrected chi connectivity index (χ4v) is 2.51. The van der Waals surface area contributed by atoms with Crippen LogP contribution in [0, 0.1) is 6.92 Å². The number of anilines is 1. The molecule has 0 aliphatic rings. The van der Waals surface area contributed by atoms with Gasteiger partial charge in [0, 0.05) is 11.6 Å². The molecule has 2 aromatic heterocycles. The van der Waals surface area contributed by atoms with Crippen molar-refractivity contribution in [3.05, 3.63) is 72.7 Å². The van der Waals surface area contributed by atoms with Crippen molar-refractivity contribution in [1.29, 1.82) is 0 Å². The summed E-state index contributed by atoms with van der Waals surface area (Å²) < 4.78 is 11.7. The molecule has 6 heteroatoms. The number of fused-ring (bicyclic) bond motifs is 1. The number of nitrogens with two attached hydrogens (primary N) is 1. The van der Waals surface area contributed by atoms with Gasteiger partial charge in [-0.05, 0) is 31.2 Å². The number of ether oxygens (including phenoxy) is 2. The van der Waals surface area contributed by atoms with Gasteiger partial charge in [-0.25, -0.2) is 0 Å². The Morgan fingerprint density at radius 3 is 2.35 bits per heavy atom. The molecule has 6 nitrogen and oxygen atoms in total. The van der Waals surface area contributed by atoms with Crippen molar-refractivity contribution in [3.8, 4) is 23.3 Å². The van der Waals surface area contributed by atoms with Crippen LogP contribution in [0.2, 0.25) is 0 Å². The maximum atomic E-state index is 6.16. The molecule has 4 aromatic rings. The topological polar surface area (TPSA) is 83.2 Å². The first-order chi connectivity index (χ1) is 12.7. The van der Waals surface area contributed by atoms with Crippen LogP contribution < -0.4 is 15.2 Å². The lowest BCUT2D eigenvalue weighted by Gasteiger charge is -2.12. The molecule has 26 heavy (non-hydrogen) atoms. The second-order valence-electron chi connectivity index (χ2n) is 5.75. The van der Waals surface area contributed by atoms with E-state index in [2.05, 4.69) is 15.0 Å². The van der Waals surface area contributed by atoms with Crippen LogP contribution in [-0.4, -0.2) is 15.0 Å². The zero-order chi connectivity index (χ0) is 17.9. The minimum atomic E-state index is 0.222. The lowest BCUT2D eigenvalue weighted by molar-refractivity contribution is 0.440. The number of benzene rings is 2. The van der Waals surface area contributed by atoms with Gasteiger partial charge in [-0.2, -0.15) is 9.97 Å². The predicted octanol–water partition coefficient (Wildman–Crippen LogP) is 4.50. The lowest BCUT2D eigenvalue weighted by Crippen LogP contribution is -2.01. The summed E-state index contributed by atoms with van der Waals surface area (Å²) in [6, 6.07) is 17.1. The van der Waals surface area contributed by atoms with Crippen LogP contribution in [0.5, 0.6) is 23.3 Å². The Hall–Kier alpha value is -3.67. The van der Waals surface area contributed by atoms with Crippen molar-refractivity contribution < 1.29 is 9.47 Å². The Bertz CT molecular complexity index is 1060. The number of nitrogens with zero attached hydrogens (tertiary/aromatic N) is 3. The molecular formula is C20H16N4O2. The molecule has 0 radical (unpaired) electrons. The Morgan fingerprint density at radius 1 is 0.808 bits per heavy atom. The quantitative estimate of drug-likeness (QED) is 0.587. The molecular weight excluding hydrogens is 328 g/mol. The van der Waals surface area contributed by atoms with E-state index in [-0.39, 0.29) is 17.4 Å². The van der Waals surface area contributed by atoms with Gasteiger partial charge in [0.25, 0.3) is 0 Å². The molecule has 128 valence electrons. The van der Waals surface area contributed by atoms with E-state index in [4.69, 9.17) is 15.2 Å². The maximum absolute atomic E-state index is 6.16. The van der Waals surface area contributed by atoms with Crippen molar-refractivity contribution in [2.24, 2.45) is 0 Å². The first kappa shape index (κ1) is 15.8. The molecule has 0 atom stereocenters. The minimum Gasteiger partial charge on any atom is -0.437 e. The number of nitrogen functional groups attached to an aromatic ring is 1. The number of para-hydroxylation sites is 1. The molecule has 0 bridgehead atoms. The largest absolute Gasteiger partial charge is 0.437 e. The summed E-state index contributed by atoms with van der Waals surface area (Å²) in [6.07, 6.45) is 3.07. The van der Waals surface area contributed by atoms with Gasteiger partial charge in [0.2, 0.25) is 11.8 Å². The van der Waals surface area contributed by atoms with Crippen LogP contribution in [0.1, 0.15) is 5.56 Å². The van der Waals surface area contributed by atoms with Gasteiger partial charge in [-0.15, -0.1) is 0 Å². The number of hydrogen-bond acceptors (Lipinski definition) is 6. The van der Waals surface area contributed by atoms with E-state index < -0.39 is 0 Å². The molecule has 0 aliphatic carbocycles. The fourth-order valence-electron chi connectivity index (χ4n) is 2.51. The smallest absolute Gasteiger partial charge is 0.249 e. The van der Waals surface area contributed by atoms with Crippen LogP contribution in [0.4, 0.5) is 5.69 Å². The Kier molecular flexibility index (Phi) is 4.07. The van der Waals surface area contributed by atoms with Gasteiger partial charge < -0.3 is 15.2 Å². The summed E-state index contributed by atoms with van der Waals surface area (Å²) in [6.45, 7) is 2.01. The van der Waals surface area contributed by atoms with E-state index in [1.807, 2.05) is 61.5 Å². The van der Waals surface area contributed by atoms with Crippen molar-refractivity contribution in [2.45, 2.75) is 6.92 Å². The highest BCUT2D eigenvalue weighted by Crippen LogP contribution is 2.35. The van der Waals surface area contributed by atoms with E-state index in [1.165, 1.54) is 6.33 Å². The Balaban J connectivity index is 1.66. The highest BCUT2D eigenvalue weighted by molar-refractivity contribution is 5.84. The average molecular weight is 344 g/mol. The molecule has 0 unspecified atom stereocenters. The summed E-state index contributed by atoms with van der Waals surface area (Å²) in [5.41, 5.74) is 8.25. The van der Waals surface area contributed by atoms with Gasteiger partial charge in [-0.3, -0.25) is 4.98 Å². The van der Waals surface area contributed by atoms with Crippen LogP contribution >= 0.6 is 0 Å². The average Bonchev–Trinajstić information content (AvgIpc) is 2.67. The van der Waals surface area contributed by atoms with Gasteiger partial charge >= 0.3 is 0 Å². The van der Waals surface area contributed by atoms with E-state index in [9.17, 15) is 0 Å². The summed E-state index contributed by atoms with van der Waals surface area (Å²) >= 11 is 0. The molecule has 2 aromatic carbocycles. The Morgan fingerprint density at radius 2 is 1.54 bits per heavy atom. The van der Waals surface area contributed by atoms with Gasteiger partial charge in [0.1, 0.15) is 17.6 Å². The first-order valence-electron chi connectivity index (χ1n) is 8.07. The van der Waals surface area contributed by atoms with Crippen molar-refractivity contribution in [1.82, 2.24) is 15.0 Å². The molecule has 0 aliphatic heterocycles. The lowest BCUT2D eigenvalue weighted by atomic mass is 10.2. The molecule has 2 heterocycles. The summed E-state index contributed by atoms with van der Waals surface area (Å²) in [7, 11) is 0. The van der Waals surface area contributed by atoms with E-state index in [0.717, 1.165) is 16.5 Å². The number of rotatable bonds is 4. The first-order valence-corrected chi connectivity index (χ1v) is 8.07. The zero-order valence-electron chi connectivity index (χ0n) is 14.1. The highest BCUT2D eigenvalue weighted by atomic mass is 16.5. The van der Waals surface area contributed by atoms with Crippen molar-refractivity contribution in [3.63, 3.8) is 0 Å². The van der Waals surface area contributed by atoms with Crippen LogP contribution in [-0.2, 0) is 0 Å². The third-order valence-electron chi connectivity index (χ3n) is 3.85. The number of aromatic nitrogens is 3. The van der Waals surface area contributed by atoms with Gasteiger partial charge in [0.15, 0.2) is 11.4 Å². The Labute approximate surface area is 150 Å². The zero-order valence-corrected chi connectivity index (χ0v) is 14.1. The van der Waals surface area contributed by atoms with E-state index in [1.54, 1.807) is 6.20 Å². The number of aryl methyl sites for hydroxylation is 1. The van der Waals surface area contributed by atoms with Crippen molar-refractivity contribution in [2.75, 3.05) is 5.73 Å². The van der Waals surface area contributed by atoms with Crippen LogP contribution in [0.25, 0.3) is 10.9 Å². The monoisotopic (exact) mass is 344 g/mol. The van der Waals surface area contributed by atoms with Crippen molar-refractivity contribution >= 4 is 16.6 Å². The summed E-state index contributed by atoms with van der Waals surface area (Å²) in [5.74, 6) is 1.67. The molecule has 0 spiro atoms. The minimum absolute atomic E-state index is 0.222. The van der Waals surface area contributed by atoms with Gasteiger partial charge in [-0.1, -0.05) is 35.9 Å². The van der Waals surface area contributed by atoms with E-state index >= 15 is 0 Å². The molecule has 0 saturated heterocycles. The van der Waals surface area contributed by atoms with Gasteiger partial charge in [0.05, 0.1) is 0 Å². The SMILES string of the molecule is Cc1ccc(Oc2ncnc(Oc3cccc4cccnc34)c2N)cc1. The third kappa shape index (κ3) is 3.12. The standard InChI is InChI=1S/C20H16N4O2/c1-13-7-9-15(10-8-13)25-19-17(21)20(24-12-23-19)26-16-6-2-4-14-5-3-11-22-18(14)16/h2-12H,21H2,1H3. The highest BCUT2D eigenvalue weighted by Gasteiger charge is 2.14. The molecule has 4 rings (SSSR count). The molecule has 0 saturated carbocycles.